The number of carbonyl (C=O) groups is 1. The minimum atomic E-state index is -3.78. The molecule has 0 bridgehead atoms. The SMILES string of the molecule is Cc1c(NC(=O)CN(c2cccc(F)c2)S(C)(=O)=O)c(N2CCCC2)nn1C. The van der Waals surface area contributed by atoms with E-state index >= 15 is 0 Å². The number of hydrogen-bond acceptors (Lipinski definition) is 5. The molecular weight excluding hydrogens is 385 g/mol. The number of benzene rings is 1. The number of aryl methyl sites for hydroxylation is 1. The smallest absolute Gasteiger partial charge is 0.245 e. The maximum Gasteiger partial charge on any atom is 0.245 e. The van der Waals surface area contributed by atoms with Gasteiger partial charge in [0.05, 0.1) is 17.6 Å². The monoisotopic (exact) mass is 409 g/mol. The van der Waals surface area contributed by atoms with Gasteiger partial charge in [-0.1, -0.05) is 6.07 Å². The lowest BCUT2D eigenvalue weighted by molar-refractivity contribution is -0.114. The zero-order valence-electron chi connectivity index (χ0n) is 16.1. The predicted molar refractivity (Wildman–Crippen MR) is 107 cm³/mol. The van der Waals surface area contributed by atoms with Crippen LogP contribution in [-0.2, 0) is 21.9 Å². The van der Waals surface area contributed by atoms with Gasteiger partial charge in [0, 0.05) is 20.1 Å². The van der Waals surface area contributed by atoms with Crippen LogP contribution >= 0.6 is 0 Å². The number of hydrogen-bond donors (Lipinski definition) is 1. The molecule has 0 aliphatic carbocycles. The van der Waals surface area contributed by atoms with Crippen LogP contribution in [0.5, 0.6) is 0 Å². The molecule has 1 aliphatic rings. The number of nitrogens with zero attached hydrogens (tertiary/aromatic N) is 4. The average molecular weight is 409 g/mol. The summed E-state index contributed by atoms with van der Waals surface area (Å²) in [6.07, 6.45) is 3.10. The third kappa shape index (κ3) is 4.27. The van der Waals surface area contributed by atoms with Crippen LogP contribution in [-0.4, -0.2) is 50.0 Å². The van der Waals surface area contributed by atoms with Crippen molar-refractivity contribution < 1.29 is 17.6 Å². The second kappa shape index (κ2) is 7.78. The summed E-state index contributed by atoms with van der Waals surface area (Å²) in [6.45, 7) is 3.09. The van der Waals surface area contributed by atoms with E-state index in [9.17, 15) is 17.6 Å². The highest BCUT2D eigenvalue weighted by Gasteiger charge is 2.26. The van der Waals surface area contributed by atoms with Crippen LogP contribution < -0.4 is 14.5 Å². The Morgan fingerprint density at radius 1 is 1.32 bits per heavy atom. The Morgan fingerprint density at radius 3 is 2.61 bits per heavy atom. The number of nitrogens with one attached hydrogen (secondary N) is 1. The molecule has 152 valence electrons. The molecule has 10 heteroatoms. The van der Waals surface area contributed by atoms with Gasteiger partial charge < -0.3 is 10.2 Å². The largest absolute Gasteiger partial charge is 0.353 e. The van der Waals surface area contributed by atoms with Gasteiger partial charge in [0.25, 0.3) is 0 Å². The van der Waals surface area contributed by atoms with Crippen LogP contribution in [0.2, 0.25) is 0 Å². The van der Waals surface area contributed by atoms with Gasteiger partial charge in [0.15, 0.2) is 5.82 Å². The van der Waals surface area contributed by atoms with E-state index in [0.29, 0.717) is 11.5 Å². The summed E-state index contributed by atoms with van der Waals surface area (Å²) in [5, 5.41) is 7.29. The zero-order valence-corrected chi connectivity index (χ0v) is 17.0. The Morgan fingerprint density at radius 2 is 2.00 bits per heavy atom. The van der Waals surface area contributed by atoms with E-state index in [1.807, 2.05) is 6.92 Å². The second-order valence-corrected chi connectivity index (χ2v) is 8.81. The third-order valence-corrected chi connectivity index (χ3v) is 5.91. The molecule has 1 fully saturated rings. The molecule has 2 heterocycles. The van der Waals surface area contributed by atoms with Crippen LogP contribution in [0.15, 0.2) is 24.3 Å². The molecule has 0 atom stereocenters. The molecule has 1 aromatic carbocycles. The molecule has 0 radical (unpaired) electrons. The molecule has 1 saturated heterocycles. The molecule has 8 nitrogen and oxygen atoms in total. The van der Waals surface area contributed by atoms with Crippen molar-refractivity contribution in [1.82, 2.24) is 9.78 Å². The standard InChI is InChI=1S/C18H24FN5O3S/c1-13-17(18(21-22(13)2)23-9-4-5-10-23)20-16(25)12-24(28(3,26)27)15-8-6-7-14(19)11-15/h6-8,11H,4-5,9-10,12H2,1-3H3,(H,20,25). The van der Waals surface area contributed by atoms with Crippen molar-refractivity contribution in [2.45, 2.75) is 19.8 Å². The summed E-state index contributed by atoms with van der Waals surface area (Å²) in [7, 11) is -1.99. The van der Waals surface area contributed by atoms with Gasteiger partial charge >= 0.3 is 0 Å². The van der Waals surface area contributed by atoms with Crippen molar-refractivity contribution in [3.63, 3.8) is 0 Å². The van der Waals surface area contributed by atoms with E-state index in [1.54, 1.807) is 11.7 Å². The maximum atomic E-state index is 13.5. The maximum absolute atomic E-state index is 13.5. The number of sulfonamides is 1. The third-order valence-electron chi connectivity index (χ3n) is 4.77. The van der Waals surface area contributed by atoms with Gasteiger partial charge in [-0.25, -0.2) is 12.8 Å². The van der Waals surface area contributed by atoms with Gasteiger partial charge in [-0.15, -0.1) is 0 Å². The Labute approximate surface area is 164 Å². The first-order valence-corrected chi connectivity index (χ1v) is 10.8. The van der Waals surface area contributed by atoms with Crippen LogP contribution in [0.1, 0.15) is 18.5 Å². The van der Waals surface area contributed by atoms with Gasteiger partial charge in [0.2, 0.25) is 15.9 Å². The fraction of sp³-hybridized carbons (Fsp3) is 0.444. The van der Waals surface area contributed by atoms with Crippen LogP contribution in [0.25, 0.3) is 0 Å². The minimum absolute atomic E-state index is 0.0975. The van der Waals surface area contributed by atoms with E-state index in [2.05, 4.69) is 15.3 Å². The number of carbonyl (C=O) groups excluding carboxylic acids is 1. The number of anilines is 3. The molecule has 2 aromatic rings. The summed E-state index contributed by atoms with van der Waals surface area (Å²) in [5.74, 6) is -0.417. The van der Waals surface area contributed by atoms with Crippen molar-refractivity contribution in [3.8, 4) is 0 Å². The normalized spacial score (nSPS) is 14.4. The average Bonchev–Trinajstić information content (AvgIpc) is 3.23. The molecular formula is C18H24FN5O3S. The topological polar surface area (TPSA) is 87.5 Å². The Balaban J connectivity index is 1.84. The predicted octanol–water partition coefficient (Wildman–Crippen LogP) is 1.87. The number of halogens is 1. The Kier molecular flexibility index (Phi) is 5.59. The lowest BCUT2D eigenvalue weighted by Crippen LogP contribution is -2.37. The van der Waals surface area contributed by atoms with Crippen LogP contribution in [0, 0.1) is 12.7 Å². The highest BCUT2D eigenvalue weighted by atomic mass is 32.2. The molecule has 1 amide bonds. The van der Waals surface area contributed by atoms with Gasteiger partial charge in [0.1, 0.15) is 18.0 Å². The van der Waals surface area contributed by atoms with E-state index in [4.69, 9.17) is 0 Å². The number of amides is 1. The van der Waals surface area contributed by atoms with Gasteiger partial charge in [-0.2, -0.15) is 5.10 Å². The molecule has 1 aromatic heterocycles. The van der Waals surface area contributed by atoms with Gasteiger partial charge in [-0.3, -0.25) is 13.8 Å². The van der Waals surface area contributed by atoms with Crippen molar-refractivity contribution in [3.05, 3.63) is 35.8 Å². The molecule has 3 rings (SSSR count). The fourth-order valence-electron chi connectivity index (χ4n) is 3.23. The summed E-state index contributed by atoms with van der Waals surface area (Å²) in [5.41, 5.74) is 1.44. The number of aromatic nitrogens is 2. The highest BCUT2D eigenvalue weighted by Crippen LogP contribution is 2.30. The number of rotatable bonds is 6. The molecule has 28 heavy (non-hydrogen) atoms. The molecule has 0 unspecified atom stereocenters. The summed E-state index contributed by atoms with van der Waals surface area (Å²) in [6, 6.07) is 5.14. The first-order valence-electron chi connectivity index (χ1n) is 8.98. The van der Waals surface area contributed by atoms with Crippen LogP contribution in [0.4, 0.5) is 21.6 Å². The minimum Gasteiger partial charge on any atom is -0.353 e. The fourth-order valence-corrected chi connectivity index (χ4v) is 4.08. The van der Waals surface area contributed by atoms with E-state index in [1.165, 1.54) is 18.2 Å². The van der Waals surface area contributed by atoms with Crippen molar-refractivity contribution in [2.24, 2.45) is 7.05 Å². The first-order chi connectivity index (χ1) is 13.2. The molecule has 1 aliphatic heterocycles. The second-order valence-electron chi connectivity index (χ2n) is 6.90. The molecule has 0 spiro atoms. The summed E-state index contributed by atoms with van der Waals surface area (Å²) in [4.78, 5) is 14.8. The zero-order chi connectivity index (χ0) is 20.5. The van der Waals surface area contributed by atoms with E-state index < -0.39 is 28.3 Å². The summed E-state index contributed by atoms with van der Waals surface area (Å²) >= 11 is 0. The van der Waals surface area contributed by atoms with Crippen molar-refractivity contribution in [2.75, 3.05) is 40.4 Å². The van der Waals surface area contributed by atoms with Gasteiger partial charge in [-0.05, 0) is 38.0 Å². The Hall–Kier alpha value is -2.62. The lowest BCUT2D eigenvalue weighted by Gasteiger charge is -2.22. The van der Waals surface area contributed by atoms with Crippen LogP contribution in [0.3, 0.4) is 0 Å². The first kappa shape index (κ1) is 20.1. The quantitative estimate of drug-likeness (QED) is 0.787. The Bertz CT molecular complexity index is 983. The van der Waals surface area contributed by atoms with E-state index in [-0.39, 0.29) is 5.69 Å². The highest BCUT2D eigenvalue weighted by molar-refractivity contribution is 7.92. The lowest BCUT2D eigenvalue weighted by atomic mass is 10.3. The molecule has 1 N–H and O–H groups in total. The van der Waals surface area contributed by atoms with Crippen molar-refractivity contribution >= 4 is 33.1 Å². The van der Waals surface area contributed by atoms with E-state index in [0.717, 1.165) is 48.3 Å². The van der Waals surface area contributed by atoms with Crippen molar-refractivity contribution in [1.29, 1.82) is 0 Å². The summed E-state index contributed by atoms with van der Waals surface area (Å²) < 4.78 is 40.5. The molecule has 0 saturated carbocycles.